The lowest BCUT2D eigenvalue weighted by molar-refractivity contribution is -0.137. The van der Waals surface area contributed by atoms with Crippen LogP contribution in [0.3, 0.4) is 0 Å². The van der Waals surface area contributed by atoms with Gasteiger partial charge in [-0.25, -0.2) is 9.18 Å². The monoisotopic (exact) mass is 368 g/mol. The third kappa shape index (κ3) is 3.86. The van der Waals surface area contributed by atoms with Gasteiger partial charge >= 0.3 is 12.1 Å². The summed E-state index contributed by atoms with van der Waals surface area (Å²) in [6.45, 7) is 0. The van der Waals surface area contributed by atoms with E-state index in [9.17, 15) is 22.4 Å². The Morgan fingerprint density at radius 3 is 2.26 bits per heavy atom. The standard InChI is InChI=1S/C14H6Cl2F4O3/c15-9-2-1-7(5-8(9)13(21)22)23-12-10(16)3-6(4-11(12)17)14(18,19)20/h1-5H,(H,21,22). The maximum absolute atomic E-state index is 13.8. The molecule has 0 saturated heterocycles. The average Bonchev–Trinajstić information content (AvgIpc) is 2.43. The van der Waals surface area contributed by atoms with Crippen LogP contribution in [-0.2, 0) is 6.18 Å². The molecule has 1 N–H and O–H groups in total. The van der Waals surface area contributed by atoms with Crippen LogP contribution in [0, 0.1) is 5.82 Å². The Morgan fingerprint density at radius 2 is 1.74 bits per heavy atom. The molecule has 3 nitrogen and oxygen atoms in total. The highest BCUT2D eigenvalue weighted by Crippen LogP contribution is 2.39. The number of hydrogen-bond acceptors (Lipinski definition) is 2. The molecule has 0 saturated carbocycles. The van der Waals surface area contributed by atoms with Gasteiger partial charge in [0.2, 0.25) is 0 Å². The average molecular weight is 369 g/mol. The van der Waals surface area contributed by atoms with Gasteiger partial charge in [-0.2, -0.15) is 13.2 Å². The quantitative estimate of drug-likeness (QED) is 0.712. The largest absolute Gasteiger partial charge is 0.478 e. The molecular formula is C14H6Cl2F4O3. The second-order valence-electron chi connectivity index (χ2n) is 4.32. The van der Waals surface area contributed by atoms with Crippen molar-refractivity contribution in [1.29, 1.82) is 0 Å². The Hall–Kier alpha value is -1.99. The van der Waals surface area contributed by atoms with Crippen LogP contribution in [0.15, 0.2) is 30.3 Å². The SMILES string of the molecule is O=C(O)c1cc(Oc2c(F)cc(C(F)(F)F)cc2Cl)ccc1Cl. The zero-order valence-electron chi connectivity index (χ0n) is 10.9. The first kappa shape index (κ1) is 17.4. The molecule has 23 heavy (non-hydrogen) atoms. The first-order valence-electron chi connectivity index (χ1n) is 5.86. The summed E-state index contributed by atoms with van der Waals surface area (Å²) >= 11 is 11.3. The minimum atomic E-state index is -4.76. The number of carboxylic acid groups (broad SMARTS) is 1. The van der Waals surface area contributed by atoms with Gasteiger partial charge in [0, 0.05) is 0 Å². The summed E-state index contributed by atoms with van der Waals surface area (Å²) in [5.74, 6) is -3.48. The summed E-state index contributed by atoms with van der Waals surface area (Å²) in [5.41, 5.74) is -1.58. The van der Waals surface area contributed by atoms with Crippen molar-refractivity contribution in [1.82, 2.24) is 0 Å². The van der Waals surface area contributed by atoms with Crippen molar-refractivity contribution < 1.29 is 32.2 Å². The lowest BCUT2D eigenvalue weighted by Crippen LogP contribution is -2.06. The van der Waals surface area contributed by atoms with E-state index in [-0.39, 0.29) is 22.4 Å². The summed E-state index contributed by atoms with van der Waals surface area (Å²) in [4.78, 5) is 11.0. The van der Waals surface area contributed by atoms with Gasteiger partial charge in [-0.3, -0.25) is 0 Å². The summed E-state index contributed by atoms with van der Waals surface area (Å²) in [6, 6.07) is 4.15. The van der Waals surface area contributed by atoms with E-state index >= 15 is 0 Å². The van der Waals surface area contributed by atoms with Gasteiger partial charge in [-0.05, 0) is 30.3 Å². The normalized spacial score (nSPS) is 11.4. The van der Waals surface area contributed by atoms with E-state index in [1.165, 1.54) is 12.1 Å². The minimum absolute atomic E-state index is 0.0798. The van der Waals surface area contributed by atoms with Gasteiger partial charge in [0.15, 0.2) is 11.6 Å². The molecule has 122 valence electrons. The molecule has 0 bridgehead atoms. The molecule has 0 fully saturated rings. The maximum Gasteiger partial charge on any atom is 0.416 e. The fourth-order valence-electron chi connectivity index (χ4n) is 1.67. The molecule has 0 unspecified atom stereocenters. The van der Waals surface area contributed by atoms with Crippen LogP contribution in [-0.4, -0.2) is 11.1 Å². The highest BCUT2D eigenvalue weighted by atomic mass is 35.5. The third-order valence-electron chi connectivity index (χ3n) is 2.71. The zero-order chi connectivity index (χ0) is 17.4. The zero-order valence-corrected chi connectivity index (χ0v) is 12.4. The topological polar surface area (TPSA) is 46.5 Å². The molecule has 0 radical (unpaired) electrons. The highest BCUT2D eigenvalue weighted by Gasteiger charge is 2.32. The number of alkyl halides is 3. The smallest absolute Gasteiger partial charge is 0.416 e. The molecule has 0 aliphatic heterocycles. The van der Waals surface area contributed by atoms with E-state index in [0.717, 1.165) is 6.07 Å². The van der Waals surface area contributed by atoms with Crippen molar-refractivity contribution in [2.75, 3.05) is 0 Å². The van der Waals surface area contributed by atoms with Crippen LogP contribution in [0.5, 0.6) is 11.5 Å². The van der Waals surface area contributed by atoms with Crippen LogP contribution in [0.25, 0.3) is 0 Å². The molecular weight excluding hydrogens is 363 g/mol. The van der Waals surface area contributed by atoms with Gasteiger partial charge in [0.05, 0.1) is 21.2 Å². The van der Waals surface area contributed by atoms with Crippen molar-refractivity contribution in [2.45, 2.75) is 6.18 Å². The van der Waals surface area contributed by atoms with E-state index in [0.29, 0.717) is 6.07 Å². The number of aromatic carboxylic acids is 1. The van der Waals surface area contributed by atoms with Gasteiger partial charge in [-0.15, -0.1) is 0 Å². The lowest BCUT2D eigenvalue weighted by atomic mass is 10.2. The lowest BCUT2D eigenvalue weighted by Gasteiger charge is -2.13. The second kappa shape index (κ2) is 6.25. The van der Waals surface area contributed by atoms with Gasteiger partial charge in [-0.1, -0.05) is 23.2 Å². The van der Waals surface area contributed by atoms with E-state index in [2.05, 4.69) is 0 Å². The van der Waals surface area contributed by atoms with E-state index in [4.69, 9.17) is 33.0 Å². The first-order chi connectivity index (χ1) is 10.6. The fourth-order valence-corrected chi connectivity index (χ4v) is 2.12. The molecule has 0 aromatic heterocycles. The number of halogens is 6. The van der Waals surface area contributed by atoms with E-state index in [1.54, 1.807) is 0 Å². The van der Waals surface area contributed by atoms with Gasteiger partial charge < -0.3 is 9.84 Å². The molecule has 2 aromatic rings. The Labute approximate surface area is 137 Å². The molecule has 2 aromatic carbocycles. The predicted molar refractivity (Wildman–Crippen MR) is 74.9 cm³/mol. The first-order valence-corrected chi connectivity index (χ1v) is 6.62. The molecule has 0 aliphatic carbocycles. The molecule has 0 heterocycles. The van der Waals surface area contributed by atoms with Gasteiger partial charge in [0.1, 0.15) is 5.75 Å². The predicted octanol–water partition coefficient (Wildman–Crippen LogP) is 5.64. The number of ether oxygens (including phenoxy) is 1. The molecule has 9 heteroatoms. The number of benzene rings is 2. The van der Waals surface area contributed by atoms with Crippen LogP contribution in [0.4, 0.5) is 17.6 Å². The molecule has 0 amide bonds. The fraction of sp³-hybridized carbons (Fsp3) is 0.0714. The van der Waals surface area contributed by atoms with Crippen LogP contribution < -0.4 is 4.74 Å². The Bertz CT molecular complexity index is 752. The van der Waals surface area contributed by atoms with E-state index in [1.807, 2.05) is 0 Å². The molecule has 0 aliphatic rings. The maximum atomic E-state index is 13.8. The van der Waals surface area contributed by atoms with Crippen molar-refractivity contribution in [3.63, 3.8) is 0 Å². The van der Waals surface area contributed by atoms with Crippen molar-refractivity contribution in [3.8, 4) is 11.5 Å². The summed E-state index contributed by atoms with van der Waals surface area (Å²) in [7, 11) is 0. The van der Waals surface area contributed by atoms with Crippen molar-refractivity contribution in [2.24, 2.45) is 0 Å². The molecule has 2 rings (SSSR count). The Balaban J connectivity index is 2.42. The summed E-state index contributed by atoms with van der Waals surface area (Å²) in [5, 5.41) is 8.24. The summed E-state index contributed by atoms with van der Waals surface area (Å²) in [6.07, 6.45) is -4.76. The molecule has 0 atom stereocenters. The van der Waals surface area contributed by atoms with Crippen LogP contribution in [0.2, 0.25) is 10.0 Å². The summed E-state index contributed by atoms with van der Waals surface area (Å²) < 4.78 is 56.5. The second-order valence-corrected chi connectivity index (χ2v) is 5.13. The number of hydrogen-bond donors (Lipinski definition) is 1. The number of carbonyl (C=O) groups is 1. The third-order valence-corrected chi connectivity index (χ3v) is 3.32. The van der Waals surface area contributed by atoms with Gasteiger partial charge in [0.25, 0.3) is 0 Å². The van der Waals surface area contributed by atoms with Crippen molar-refractivity contribution in [3.05, 3.63) is 57.3 Å². The molecule has 0 spiro atoms. The number of rotatable bonds is 3. The number of carboxylic acids is 1. The highest BCUT2D eigenvalue weighted by molar-refractivity contribution is 6.33. The Kier molecular flexibility index (Phi) is 4.72. The van der Waals surface area contributed by atoms with Crippen LogP contribution >= 0.6 is 23.2 Å². The minimum Gasteiger partial charge on any atom is -0.478 e. The van der Waals surface area contributed by atoms with E-state index < -0.39 is 34.3 Å². The van der Waals surface area contributed by atoms with Crippen LogP contribution in [0.1, 0.15) is 15.9 Å². The van der Waals surface area contributed by atoms with Crippen molar-refractivity contribution >= 4 is 29.2 Å². The Morgan fingerprint density at radius 1 is 1.09 bits per heavy atom.